The van der Waals surface area contributed by atoms with Gasteiger partial charge in [-0.15, -0.1) is 0 Å². The van der Waals surface area contributed by atoms with Crippen LogP contribution in [0, 0.1) is 16.9 Å². The van der Waals surface area contributed by atoms with E-state index < -0.39 is 0 Å². The second-order valence-electron chi connectivity index (χ2n) is 0.202. The van der Waals surface area contributed by atoms with Crippen molar-refractivity contribution >= 4 is 6.08 Å². The van der Waals surface area contributed by atoms with Gasteiger partial charge in [0.15, 0.2) is 0 Å². The molecule has 0 amide bonds. The van der Waals surface area contributed by atoms with E-state index in [-0.39, 0.29) is 0 Å². The first-order valence-corrected chi connectivity index (χ1v) is 0.901. The molecule has 0 saturated carbocycles. The summed E-state index contributed by atoms with van der Waals surface area (Å²) in [6.45, 7) is 0. The maximum atomic E-state index is 8.35. The minimum Gasteiger partial charge on any atom is -0.443 e. The Hall–Kier alpha value is -1.33. The fourth-order valence-corrected chi connectivity index (χ4v) is 0. The maximum absolute atomic E-state index is 8.35. The Kier molecular flexibility index (Phi) is 85.7. The number of nitriles is 1. The first kappa shape index (κ1) is 8.82. The number of aliphatic hydroxyl groups excluding tert-OH is 1. The number of carbonyl (C=O) groups excluding carboxylic acids is 1. The van der Waals surface area contributed by atoms with Crippen LogP contribution in [0.1, 0.15) is 0 Å². The third kappa shape index (κ3) is 4.21. The molecule has 0 aromatic rings. The monoisotopic (exact) mass is 86.0 g/mol. The molecule has 0 saturated heterocycles. The van der Waals surface area contributed by atoms with E-state index in [1.165, 1.54) is 0 Å². The number of nitrogens with one attached hydrogen (secondary N) is 1. The predicted molar refractivity (Wildman–Crippen MR) is 16.0 cm³/mol. The van der Waals surface area contributed by atoms with Crippen molar-refractivity contribution in [2.45, 2.75) is 0 Å². The average Bonchev–Trinajstić information content (AvgIpc) is 1.39. The summed E-state index contributed by atoms with van der Waals surface area (Å²) in [5.74, 6) is 0. The van der Waals surface area contributed by atoms with Gasteiger partial charge in [-0.3, -0.25) is 0 Å². The Morgan fingerprint density at radius 1 is 1.83 bits per heavy atom. The Morgan fingerprint density at radius 2 is 1.83 bits per heavy atom. The van der Waals surface area contributed by atoms with Gasteiger partial charge in [0.1, 0.15) is 0 Å². The molecule has 0 fully saturated rings. The molecular formula is C2H2N2O2. The summed E-state index contributed by atoms with van der Waals surface area (Å²) in [5, 5.41) is 19.2. The second kappa shape index (κ2) is 58.3. The Bertz CT molecular complexity index is 76.0. The Morgan fingerprint density at radius 3 is 1.83 bits per heavy atom. The van der Waals surface area contributed by atoms with Gasteiger partial charge < -0.3 is 5.11 Å². The van der Waals surface area contributed by atoms with E-state index in [9.17, 15) is 0 Å². The van der Waals surface area contributed by atoms with Crippen molar-refractivity contribution in [1.82, 2.24) is 0 Å². The summed E-state index contributed by atoms with van der Waals surface area (Å²) in [4.78, 5) is 8.35. The maximum Gasteiger partial charge on any atom is 0.283 e. The topological polar surface area (TPSA) is 84.9 Å². The molecule has 6 heavy (non-hydrogen) atoms. The van der Waals surface area contributed by atoms with E-state index in [1.807, 2.05) is 0 Å². The van der Waals surface area contributed by atoms with Gasteiger partial charge in [-0.05, 0) is 0 Å². The van der Waals surface area contributed by atoms with E-state index in [0.29, 0.717) is 0 Å². The van der Waals surface area contributed by atoms with Crippen molar-refractivity contribution in [3.8, 4) is 6.26 Å². The Balaban J connectivity index is 0. The summed E-state index contributed by atoms with van der Waals surface area (Å²) < 4.78 is 0. The second-order valence-corrected chi connectivity index (χ2v) is 0.202. The smallest absolute Gasteiger partial charge is 0.283 e. The van der Waals surface area contributed by atoms with Crippen molar-refractivity contribution in [3.63, 3.8) is 0 Å². The first-order valence-electron chi connectivity index (χ1n) is 0.901. The third-order valence-electron chi connectivity index (χ3n) is 0. The molecule has 0 aliphatic rings. The molecule has 0 aromatic heterocycles. The average molecular weight is 86.0 g/mol. The van der Waals surface area contributed by atoms with Crippen molar-refractivity contribution in [2.75, 3.05) is 0 Å². The third-order valence-corrected chi connectivity index (χ3v) is 0. The molecule has 4 nitrogen and oxygen atoms in total. The van der Waals surface area contributed by atoms with Gasteiger partial charge in [-0.2, -0.15) is 5.26 Å². The minimum atomic E-state index is 0.750. The van der Waals surface area contributed by atoms with Crippen molar-refractivity contribution in [1.29, 1.82) is 10.7 Å². The molecule has 2 N–H and O–H groups in total. The summed E-state index contributed by atoms with van der Waals surface area (Å²) in [6, 6.07) is 0. The standard InChI is InChI=1S/2CHNO/c2*2-1-3/h3H;2H. The highest BCUT2D eigenvalue weighted by Gasteiger charge is 1.16. The normalized spacial score (nSPS) is 2.50. The number of rotatable bonds is 0. The lowest BCUT2D eigenvalue weighted by Crippen LogP contribution is -1.27. The summed E-state index contributed by atoms with van der Waals surface area (Å²) in [5.41, 5.74) is 0. The molecule has 0 atom stereocenters. The number of hydrogen-bond donors (Lipinski definition) is 2. The zero-order valence-corrected chi connectivity index (χ0v) is 2.80. The van der Waals surface area contributed by atoms with Gasteiger partial charge in [0.2, 0.25) is 6.08 Å². The molecule has 0 aliphatic carbocycles. The van der Waals surface area contributed by atoms with Crippen LogP contribution in [0.25, 0.3) is 0 Å². The van der Waals surface area contributed by atoms with Gasteiger partial charge in [0, 0.05) is 0 Å². The van der Waals surface area contributed by atoms with Gasteiger partial charge in [0.05, 0.1) is 0 Å². The van der Waals surface area contributed by atoms with Crippen LogP contribution in [0.4, 0.5) is 0 Å². The van der Waals surface area contributed by atoms with Gasteiger partial charge in [-0.25, -0.2) is 10.2 Å². The van der Waals surface area contributed by atoms with E-state index in [0.717, 1.165) is 12.3 Å². The molecule has 0 rings (SSSR count). The molecule has 0 radical (unpaired) electrons. The quantitative estimate of drug-likeness (QED) is 0.242. The number of aliphatic hydroxyl groups is 1. The van der Waals surface area contributed by atoms with Crippen LogP contribution in [-0.4, -0.2) is 11.2 Å². The highest BCUT2D eigenvalue weighted by atomic mass is 16.2. The number of isocyanates is 1. The molecule has 0 heterocycles. The molecule has 0 unspecified atom stereocenters. The Labute approximate surface area is 34.1 Å². The molecule has 0 aliphatic heterocycles. The van der Waals surface area contributed by atoms with Crippen molar-refractivity contribution in [3.05, 3.63) is 0 Å². The van der Waals surface area contributed by atoms with Crippen LogP contribution >= 0.6 is 0 Å². The zero-order chi connectivity index (χ0) is 5.41. The van der Waals surface area contributed by atoms with Crippen LogP contribution in [0.3, 0.4) is 0 Å². The fraction of sp³-hybridized carbons (Fsp3) is 0. The molecule has 0 spiro atoms. The number of nitrogens with zero attached hydrogens (tertiary/aromatic N) is 1. The number of hydrogen-bond acceptors (Lipinski definition) is 4. The van der Waals surface area contributed by atoms with Gasteiger partial charge >= 0.3 is 0 Å². The van der Waals surface area contributed by atoms with Gasteiger partial charge in [-0.1, -0.05) is 0 Å². The lowest BCUT2D eigenvalue weighted by atomic mass is 11.6. The van der Waals surface area contributed by atoms with Gasteiger partial charge in [0.25, 0.3) is 6.26 Å². The molecule has 4 heteroatoms. The molecule has 0 aromatic carbocycles. The minimum absolute atomic E-state index is 0.750. The van der Waals surface area contributed by atoms with Crippen LogP contribution in [0.5, 0.6) is 0 Å². The highest BCUT2D eigenvalue weighted by Crippen LogP contribution is 1.06. The summed E-state index contributed by atoms with van der Waals surface area (Å²) >= 11 is 0. The lowest BCUT2D eigenvalue weighted by molar-refractivity contribution is 0.503. The summed E-state index contributed by atoms with van der Waals surface area (Å²) in [7, 11) is 0. The van der Waals surface area contributed by atoms with Crippen LogP contribution in [-0.2, 0) is 4.79 Å². The molecular weight excluding hydrogens is 84.0 g/mol. The largest absolute Gasteiger partial charge is 0.443 e. The lowest BCUT2D eigenvalue weighted by Gasteiger charge is -1.25. The van der Waals surface area contributed by atoms with Crippen LogP contribution in [0.15, 0.2) is 0 Å². The van der Waals surface area contributed by atoms with E-state index in [4.69, 9.17) is 20.6 Å². The van der Waals surface area contributed by atoms with Crippen molar-refractivity contribution in [2.24, 2.45) is 0 Å². The van der Waals surface area contributed by atoms with E-state index in [1.54, 1.807) is 0 Å². The summed E-state index contributed by atoms with van der Waals surface area (Å²) in [6.07, 6.45) is 1.50. The predicted octanol–water partition coefficient (Wildman–Crippen LogP) is -0.259. The first-order chi connectivity index (χ1) is 2.83. The fourth-order valence-electron chi connectivity index (χ4n) is 0. The van der Waals surface area contributed by atoms with Crippen LogP contribution in [0.2, 0.25) is 0 Å². The van der Waals surface area contributed by atoms with Crippen LogP contribution < -0.4 is 0 Å². The van der Waals surface area contributed by atoms with E-state index >= 15 is 0 Å². The van der Waals surface area contributed by atoms with Crippen molar-refractivity contribution < 1.29 is 9.90 Å². The molecule has 0 bridgehead atoms. The SMILES string of the molecule is N#CO.N=C=O. The molecule has 32 valence electrons. The zero-order valence-electron chi connectivity index (χ0n) is 2.80. The highest BCUT2D eigenvalue weighted by molar-refractivity contribution is 5.26. The van der Waals surface area contributed by atoms with E-state index in [2.05, 4.69) is 0 Å².